The van der Waals surface area contributed by atoms with Crippen molar-refractivity contribution in [3.05, 3.63) is 15.8 Å². The molecule has 0 bridgehead atoms. The molecule has 1 aromatic heterocycles. The van der Waals surface area contributed by atoms with Gasteiger partial charge in [0.2, 0.25) is 0 Å². The summed E-state index contributed by atoms with van der Waals surface area (Å²) in [5.41, 5.74) is 0.599. The Morgan fingerprint density at radius 1 is 1.62 bits per heavy atom. The summed E-state index contributed by atoms with van der Waals surface area (Å²) in [6.45, 7) is 4.22. The Balaban J connectivity index is 2.97. The van der Waals surface area contributed by atoms with Crippen LogP contribution in [0.15, 0.2) is 5.03 Å². The number of aryl methyl sites for hydroxylation is 2. The summed E-state index contributed by atoms with van der Waals surface area (Å²) in [6.07, 6.45) is 0.831. The zero-order chi connectivity index (χ0) is 12.1. The van der Waals surface area contributed by atoms with Gasteiger partial charge in [-0.2, -0.15) is 5.10 Å². The molecule has 0 saturated heterocycles. The molecule has 0 amide bonds. The van der Waals surface area contributed by atoms with Crippen LogP contribution in [0, 0.1) is 17.0 Å². The maximum atomic E-state index is 10.9. The van der Waals surface area contributed by atoms with E-state index in [1.54, 1.807) is 11.6 Å². The first-order chi connectivity index (χ1) is 7.61. The lowest BCUT2D eigenvalue weighted by Crippen LogP contribution is -2.00. The largest absolute Gasteiger partial charge is 0.323 e. The summed E-state index contributed by atoms with van der Waals surface area (Å²) in [5.74, 6) is 1.34. The number of halogens is 1. The maximum Gasteiger partial charge on any atom is 0.323 e. The Kier molecular flexibility index (Phi) is 5.08. The van der Waals surface area contributed by atoms with Crippen molar-refractivity contribution in [2.24, 2.45) is 0 Å². The van der Waals surface area contributed by atoms with Gasteiger partial charge in [0.15, 0.2) is 5.03 Å². The Bertz CT molecular complexity index is 381. The van der Waals surface area contributed by atoms with Crippen LogP contribution in [-0.4, -0.2) is 26.3 Å². The number of thioether (sulfide) groups is 1. The average Bonchev–Trinajstić information content (AvgIpc) is 2.55. The normalized spacial score (nSPS) is 10.7. The standard InChI is InChI=1S/C9H14ClN3O2S/c1-3-12-9(16-6-4-5-10)8(13(14)15)7(2)11-12/h3-6H2,1-2H3. The molecule has 0 aliphatic carbocycles. The predicted octanol–water partition coefficient (Wildman–Crippen LogP) is 2.84. The Hall–Kier alpha value is -0.750. The Labute approximate surface area is 103 Å². The number of alkyl halides is 1. The summed E-state index contributed by atoms with van der Waals surface area (Å²) < 4.78 is 1.67. The van der Waals surface area contributed by atoms with Gasteiger partial charge in [-0.3, -0.25) is 14.8 Å². The molecule has 0 aromatic carbocycles. The molecule has 0 aliphatic rings. The van der Waals surface area contributed by atoms with Gasteiger partial charge in [0.05, 0.1) is 4.92 Å². The van der Waals surface area contributed by atoms with Crippen molar-refractivity contribution >= 4 is 29.1 Å². The molecule has 0 atom stereocenters. The lowest BCUT2D eigenvalue weighted by atomic mass is 10.4. The minimum Gasteiger partial charge on any atom is -0.258 e. The molecule has 5 nitrogen and oxygen atoms in total. The monoisotopic (exact) mass is 263 g/mol. The topological polar surface area (TPSA) is 61.0 Å². The zero-order valence-corrected chi connectivity index (χ0v) is 10.8. The second-order valence-corrected chi connectivity index (χ2v) is 4.66. The molecule has 1 rings (SSSR count). The van der Waals surface area contributed by atoms with Gasteiger partial charge in [-0.05, 0) is 20.3 Å². The van der Waals surface area contributed by atoms with Crippen LogP contribution in [-0.2, 0) is 6.54 Å². The van der Waals surface area contributed by atoms with E-state index in [0.717, 1.165) is 12.2 Å². The molecule has 0 spiro atoms. The highest BCUT2D eigenvalue weighted by atomic mass is 35.5. The molecule has 1 heterocycles. The summed E-state index contributed by atoms with van der Waals surface area (Å²) >= 11 is 7.03. The van der Waals surface area contributed by atoms with Gasteiger partial charge in [-0.15, -0.1) is 11.6 Å². The van der Waals surface area contributed by atoms with E-state index in [-0.39, 0.29) is 10.6 Å². The summed E-state index contributed by atoms with van der Waals surface area (Å²) in [7, 11) is 0. The van der Waals surface area contributed by atoms with Gasteiger partial charge in [0, 0.05) is 18.2 Å². The molecule has 0 N–H and O–H groups in total. The van der Waals surface area contributed by atoms with Gasteiger partial charge >= 0.3 is 5.69 Å². The third-order valence-electron chi connectivity index (χ3n) is 2.05. The van der Waals surface area contributed by atoms with E-state index in [2.05, 4.69) is 5.10 Å². The minimum absolute atomic E-state index is 0.126. The SMILES string of the molecule is CCn1nc(C)c([N+](=O)[O-])c1SCCCCl. The number of hydrogen-bond donors (Lipinski definition) is 0. The second kappa shape index (κ2) is 6.10. The molecule has 0 aliphatic heterocycles. The van der Waals surface area contributed by atoms with Gasteiger partial charge in [0.1, 0.15) is 5.69 Å². The van der Waals surface area contributed by atoms with E-state index < -0.39 is 0 Å². The fraction of sp³-hybridized carbons (Fsp3) is 0.667. The predicted molar refractivity (Wildman–Crippen MR) is 65.4 cm³/mol. The summed E-state index contributed by atoms with van der Waals surface area (Å²) in [5, 5.41) is 15.7. The molecule has 1 aromatic rings. The molecule has 0 saturated carbocycles. The number of nitrogens with zero attached hydrogens (tertiary/aromatic N) is 3. The third kappa shape index (κ3) is 2.89. The van der Waals surface area contributed by atoms with Crippen LogP contribution in [0.1, 0.15) is 19.0 Å². The summed E-state index contributed by atoms with van der Waals surface area (Å²) in [4.78, 5) is 10.6. The van der Waals surface area contributed by atoms with Crippen molar-refractivity contribution < 1.29 is 4.92 Å². The molecular weight excluding hydrogens is 250 g/mol. The first-order valence-electron chi connectivity index (χ1n) is 5.02. The maximum absolute atomic E-state index is 10.9. The highest BCUT2D eigenvalue weighted by molar-refractivity contribution is 7.99. The fourth-order valence-corrected chi connectivity index (χ4v) is 2.79. The molecule has 0 radical (unpaired) electrons. The number of nitro groups is 1. The highest BCUT2D eigenvalue weighted by Crippen LogP contribution is 2.32. The minimum atomic E-state index is -0.364. The Morgan fingerprint density at radius 3 is 2.81 bits per heavy atom. The van der Waals surface area contributed by atoms with Crippen LogP contribution in [0.2, 0.25) is 0 Å². The number of hydrogen-bond acceptors (Lipinski definition) is 4. The molecule has 7 heteroatoms. The molecule has 90 valence electrons. The van der Waals surface area contributed by atoms with E-state index in [4.69, 9.17) is 11.6 Å². The third-order valence-corrected chi connectivity index (χ3v) is 3.49. The molecule has 0 fully saturated rings. The summed E-state index contributed by atoms with van der Waals surface area (Å²) in [6, 6.07) is 0. The van der Waals surface area contributed by atoms with Crippen LogP contribution in [0.4, 0.5) is 5.69 Å². The molecule has 16 heavy (non-hydrogen) atoms. The van der Waals surface area contributed by atoms with E-state index in [0.29, 0.717) is 23.1 Å². The van der Waals surface area contributed by atoms with Crippen molar-refractivity contribution in [3.8, 4) is 0 Å². The lowest BCUT2D eigenvalue weighted by Gasteiger charge is -2.02. The van der Waals surface area contributed by atoms with Gasteiger partial charge < -0.3 is 0 Å². The quantitative estimate of drug-likeness (QED) is 0.260. The smallest absolute Gasteiger partial charge is 0.258 e. The van der Waals surface area contributed by atoms with Crippen LogP contribution in [0.5, 0.6) is 0 Å². The van der Waals surface area contributed by atoms with Crippen molar-refractivity contribution in [3.63, 3.8) is 0 Å². The average molecular weight is 264 g/mol. The van der Waals surface area contributed by atoms with Crippen molar-refractivity contribution in [1.29, 1.82) is 0 Å². The molecule has 0 unspecified atom stereocenters. The van der Waals surface area contributed by atoms with Gasteiger partial charge in [0.25, 0.3) is 0 Å². The first-order valence-corrected chi connectivity index (χ1v) is 6.54. The van der Waals surface area contributed by atoms with E-state index in [1.165, 1.54) is 11.8 Å². The van der Waals surface area contributed by atoms with E-state index in [1.807, 2.05) is 6.92 Å². The van der Waals surface area contributed by atoms with Crippen molar-refractivity contribution in [2.45, 2.75) is 31.8 Å². The number of rotatable bonds is 6. The van der Waals surface area contributed by atoms with E-state index >= 15 is 0 Å². The van der Waals surface area contributed by atoms with Gasteiger partial charge in [-0.1, -0.05) is 11.8 Å². The fourth-order valence-electron chi connectivity index (χ4n) is 1.34. The van der Waals surface area contributed by atoms with Crippen LogP contribution in [0.25, 0.3) is 0 Å². The van der Waals surface area contributed by atoms with E-state index in [9.17, 15) is 10.1 Å². The van der Waals surface area contributed by atoms with Crippen molar-refractivity contribution in [2.75, 3.05) is 11.6 Å². The lowest BCUT2D eigenvalue weighted by molar-refractivity contribution is -0.388. The number of aromatic nitrogens is 2. The zero-order valence-electron chi connectivity index (χ0n) is 9.27. The first kappa shape index (κ1) is 13.3. The van der Waals surface area contributed by atoms with Crippen molar-refractivity contribution in [1.82, 2.24) is 9.78 Å². The van der Waals surface area contributed by atoms with Crippen LogP contribution >= 0.6 is 23.4 Å². The molecular formula is C9H14ClN3O2S. The second-order valence-electron chi connectivity index (χ2n) is 3.20. The van der Waals surface area contributed by atoms with Crippen LogP contribution in [0.3, 0.4) is 0 Å². The van der Waals surface area contributed by atoms with Crippen LogP contribution < -0.4 is 0 Å². The Morgan fingerprint density at radius 2 is 2.31 bits per heavy atom. The van der Waals surface area contributed by atoms with Gasteiger partial charge in [-0.25, -0.2) is 0 Å². The highest BCUT2D eigenvalue weighted by Gasteiger charge is 2.24.